The molecule has 4 aromatic carbocycles. The fourth-order valence-electron chi connectivity index (χ4n) is 12.3. The number of hydrogen-bond donors (Lipinski definition) is 0. The van der Waals surface area contributed by atoms with Crippen molar-refractivity contribution in [3.05, 3.63) is 160 Å². The predicted molar refractivity (Wildman–Crippen MR) is 244 cm³/mol. The fraction of sp³-hybridized carbons (Fsp3) is 0.400. The van der Waals surface area contributed by atoms with Gasteiger partial charge in [0.25, 0.3) is 0 Å². The molecular formula is C55H63Cl2SiZr. The third kappa shape index (κ3) is 6.71. The molecule has 4 heteroatoms. The molecule has 0 saturated heterocycles. The van der Waals surface area contributed by atoms with Gasteiger partial charge >= 0.3 is 26.2 Å². The van der Waals surface area contributed by atoms with E-state index in [2.05, 4.69) is 191 Å². The first kappa shape index (κ1) is 47.4. The standard InChI is InChI=1S/C53H57.C2H6Si.2ClH.Zr/c1-10-19-38-33-42-39(36-29-27-35(28-30-36)34-20-12-11-13-21-34)24-18-25-41(42)45(38)48-47-43-32-37-22-14-15-23-40(37)46(43)44-26-16-17-31-52(44,8)53(47,9)51(6,7)50(4,5)49(48,2)3;1-3-2;;;/h11-16,18,20-30,33,45H,10,17,19,31-32H2,1-9H3;1-2H3;2*1H;/q-1;;;;+3/p-2. The second kappa shape index (κ2) is 17.3. The van der Waals surface area contributed by atoms with E-state index in [1.54, 1.807) is 33.8 Å². The van der Waals surface area contributed by atoms with Crippen molar-refractivity contribution in [2.75, 3.05) is 0 Å². The van der Waals surface area contributed by atoms with E-state index in [0.29, 0.717) is 0 Å². The molecule has 5 aliphatic carbocycles. The zero-order chi connectivity index (χ0) is 39.8. The van der Waals surface area contributed by atoms with Gasteiger partial charge in [0.15, 0.2) is 0 Å². The van der Waals surface area contributed by atoms with Gasteiger partial charge in [-0.05, 0) is 85.8 Å². The first-order chi connectivity index (χ1) is 26.7. The summed E-state index contributed by atoms with van der Waals surface area (Å²) in [6, 6.07) is 36.6. The van der Waals surface area contributed by atoms with Crippen LogP contribution in [0.25, 0.3) is 33.9 Å². The van der Waals surface area contributed by atoms with Gasteiger partial charge in [0.05, 0.1) is 0 Å². The Morgan fingerprint density at radius 2 is 1.29 bits per heavy atom. The Hall–Kier alpha value is -2.61. The maximum atomic E-state index is 2.72. The van der Waals surface area contributed by atoms with Gasteiger partial charge in [-0.1, -0.05) is 231 Å². The van der Waals surface area contributed by atoms with E-state index >= 15 is 0 Å². The normalized spacial score (nSPS) is 24.7. The smallest absolute Gasteiger partial charge is 1.00 e. The summed E-state index contributed by atoms with van der Waals surface area (Å²) in [7, 11) is 1.08. The van der Waals surface area contributed by atoms with Crippen LogP contribution in [0.2, 0.25) is 13.1 Å². The van der Waals surface area contributed by atoms with Crippen molar-refractivity contribution in [2.24, 2.45) is 27.1 Å². The number of allylic oxidation sites excluding steroid dienone is 7. The summed E-state index contributed by atoms with van der Waals surface area (Å²) >= 11 is 0. The first-order valence-corrected chi connectivity index (χ1v) is 23.4. The van der Waals surface area contributed by atoms with Gasteiger partial charge in [0.1, 0.15) is 0 Å². The largest absolute Gasteiger partial charge is 3.00 e. The van der Waals surface area contributed by atoms with Crippen LogP contribution in [0.5, 0.6) is 0 Å². The Labute approximate surface area is 391 Å². The van der Waals surface area contributed by atoms with Gasteiger partial charge in [-0.3, -0.25) is 0 Å². The van der Waals surface area contributed by atoms with Gasteiger partial charge in [0, 0.05) is 9.52 Å². The van der Waals surface area contributed by atoms with E-state index in [4.69, 9.17) is 0 Å². The number of rotatable bonds is 5. The molecule has 1 fully saturated rings. The quantitative estimate of drug-likeness (QED) is 0.138. The summed E-state index contributed by atoms with van der Waals surface area (Å²) in [5, 5.41) is 0. The number of halogens is 2. The van der Waals surface area contributed by atoms with Crippen LogP contribution < -0.4 is 24.8 Å². The molecule has 0 nitrogen and oxygen atoms in total. The molecule has 3 radical (unpaired) electrons. The molecule has 0 bridgehead atoms. The van der Waals surface area contributed by atoms with Gasteiger partial charge in [0.2, 0.25) is 0 Å². The summed E-state index contributed by atoms with van der Waals surface area (Å²) in [5.41, 5.74) is 19.1. The first-order valence-electron chi connectivity index (χ1n) is 21.4. The second-order valence-electron chi connectivity index (χ2n) is 19.3. The van der Waals surface area contributed by atoms with Gasteiger partial charge in [-0.2, -0.15) is 17.1 Å². The SMILES string of the molecule is CCCC1=Cc2c(-c3ccc(-c4ccccc4)cc3)cccc2C1[C-]1C2=C3Cc4ccccc4C3=C3C=CCCC3(C)C2(C)C(C)(C)C(C)(C)C1(C)C.C[Si]C.[Cl-].[Cl-].[Zr+3]. The average Bonchev–Trinajstić information content (AvgIpc) is 3.75. The molecule has 5 aliphatic rings. The van der Waals surface area contributed by atoms with Gasteiger partial charge < -0.3 is 24.8 Å². The zero-order valence-electron chi connectivity index (χ0n) is 37.3. The maximum Gasteiger partial charge on any atom is 3.00 e. The Balaban J connectivity index is 0.00000107. The van der Waals surface area contributed by atoms with Crippen molar-refractivity contribution in [2.45, 2.75) is 113 Å². The molecule has 3 atom stereocenters. The molecular weight excluding hydrogens is 851 g/mol. The summed E-state index contributed by atoms with van der Waals surface area (Å²) in [4.78, 5) is 0. The minimum atomic E-state index is -0.0692. The van der Waals surface area contributed by atoms with E-state index in [1.807, 2.05) is 0 Å². The molecule has 0 N–H and O–H groups in total. The van der Waals surface area contributed by atoms with Crippen molar-refractivity contribution in [3.63, 3.8) is 0 Å². The molecule has 3 unspecified atom stereocenters. The Bertz CT molecular complexity index is 2310. The van der Waals surface area contributed by atoms with Crippen molar-refractivity contribution < 1.29 is 51.0 Å². The number of fused-ring (bicyclic) bond motifs is 7. The third-order valence-electron chi connectivity index (χ3n) is 16.4. The van der Waals surface area contributed by atoms with Crippen LogP contribution in [0.15, 0.2) is 132 Å². The molecule has 59 heavy (non-hydrogen) atoms. The monoisotopic (exact) mass is 911 g/mol. The van der Waals surface area contributed by atoms with Crippen molar-refractivity contribution >= 4 is 21.2 Å². The topological polar surface area (TPSA) is 0 Å². The maximum absolute atomic E-state index is 2.72. The van der Waals surface area contributed by atoms with Crippen LogP contribution in [0.1, 0.15) is 116 Å². The fourth-order valence-corrected chi connectivity index (χ4v) is 12.3. The molecule has 1 saturated carbocycles. The van der Waals surface area contributed by atoms with E-state index in [0.717, 1.165) is 35.2 Å². The van der Waals surface area contributed by atoms with E-state index in [9.17, 15) is 0 Å². The van der Waals surface area contributed by atoms with Crippen LogP contribution >= 0.6 is 0 Å². The molecule has 0 aliphatic heterocycles. The molecule has 4 aromatic rings. The molecule has 0 aromatic heterocycles. The van der Waals surface area contributed by atoms with Crippen molar-refractivity contribution in [1.82, 2.24) is 0 Å². The summed E-state index contributed by atoms with van der Waals surface area (Å²) in [5.74, 6) is 1.96. The summed E-state index contributed by atoms with van der Waals surface area (Å²) in [6.45, 7) is 27.8. The van der Waals surface area contributed by atoms with Crippen LogP contribution in [-0.2, 0) is 32.6 Å². The van der Waals surface area contributed by atoms with Crippen LogP contribution in [-0.4, -0.2) is 9.52 Å². The van der Waals surface area contributed by atoms with Gasteiger partial charge in [-0.15, -0.1) is 0 Å². The second-order valence-corrected chi connectivity index (χ2v) is 20.3. The number of benzene rings is 4. The molecule has 0 amide bonds. The van der Waals surface area contributed by atoms with Gasteiger partial charge in [-0.25, -0.2) is 0 Å². The van der Waals surface area contributed by atoms with Crippen molar-refractivity contribution in [1.29, 1.82) is 0 Å². The van der Waals surface area contributed by atoms with E-state index < -0.39 is 0 Å². The van der Waals surface area contributed by atoms with E-state index in [-0.39, 0.29) is 84.0 Å². The molecule has 305 valence electrons. The molecule has 0 spiro atoms. The Kier molecular flexibility index (Phi) is 13.9. The minimum absolute atomic E-state index is 0. The average molecular weight is 914 g/mol. The van der Waals surface area contributed by atoms with Crippen LogP contribution in [0, 0.1) is 33.0 Å². The summed E-state index contributed by atoms with van der Waals surface area (Å²) < 4.78 is 0. The van der Waals surface area contributed by atoms with Crippen molar-refractivity contribution in [3.8, 4) is 22.3 Å². The Morgan fingerprint density at radius 1 is 0.695 bits per heavy atom. The van der Waals surface area contributed by atoms with Crippen LogP contribution in [0.3, 0.4) is 0 Å². The van der Waals surface area contributed by atoms with Crippen LogP contribution in [0.4, 0.5) is 0 Å². The van der Waals surface area contributed by atoms with E-state index in [1.165, 1.54) is 50.9 Å². The minimum Gasteiger partial charge on any atom is -1.00 e. The molecule has 0 heterocycles. The zero-order valence-corrected chi connectivity index (χ0v) is 42.3. The predicted octanol–water partition coefficient (Wildman–Crippen LogP) is 9.44. The number of hydrogen-bond acceptors (Lipinski definition) is 0. The molecule has 9 rings (SSSR count). The Morgan fingerprint density at radius 3 is 1.95 bits per heavy atom. The third-order valence-corrected chi connectivity index (χ3v) is 16.4. The summed E-state index contributed by atoms with van der Waals surface area (Å²) in [6.07, 6.45) is 13.3.